The third-order valence-corrected chi connectivity index (χ3v) is 4.48. The van der Waals surface area contributed by atoms with Crippen LogP contribution in [0.3, 0.4) is 0 Å². The summed E-state index contributed by atoms with van der Waals surface area (Å²) in [6.45, 7) is 2.13. The van der Waals surface area contributed by atoms with Crippen molar-refractivity contribution in [1.29, 1.82) is 0 Å². The van der Waals surface area contributed by atoms with Gasteiger partial charge in [0.05, 0.1) is 23.1 Å². The van der Waals surface area contributed by atoms with Crippen LogP contribution in [-0.4, -0.2) is 37.9 Å². The molecule has 6 nitrogen and oxygen atoms in total. The van der Waals surface area contributed by atoms with E-state index in [0.717, 1.165) is 37.8 Å². The van der Waals surface area contributed by atoms with Crippen molar-refractivity contribution in [2.45, 2.75) is 44.6 Å². The number of carbonyl (C=O) groups excluding carboxylic acids is 1. The molecule has 0 bridgehead atoms. The number of rotatable bonds is 4. The number of pyridine rings is 1. The monoisotopic (exact) mass is 314 g/mol. The Morgan fingerprint density at radius 1 is 1.35 bits per heavy atom. The molecule has 2 aromatic rings. The summed E-state index contributed by atoms with van der Waals surface area (Å²) in [5.74, 6) is 0.471. The predicted octanol–water partition coefficient (Wildman–Crippen LogP) is 2.00. The summed E-state index contributed by atoms with van der Waals surface area (Å²) in [6, 6.07) is 5.55. The third kappa shape index (κ3) is 3.42. The maximum absolute atomic E-state index is 12.4. The second-order valence-electron chi connectivity index (χ2n) is 6.21. The molecule has 0 atom stereocenters. The Morgan fingerprint density at radius 3 is 2.83 bits per heavy atom. The maximum atomic E-state index is 12.4. The van der Waals surface area contributed by atoms with Crippen molar-refractivity contribution in [1.82, 2.24) is 20.1 Å². The summed E-state index contributed by atoms with van der Waals surface area (Å²) in [4.78, 5) is 16.6. The van der Waals surface area contributed by atoms with E-state index in [0.29, 0.717) is 17.9 Å². The zero-order valence-electron chi connectivity index (χ0n) is 13.3. The first-order valence-electron chi connectivity index (χ1n) is 8.06. The molecule has 122 valence electrons. The van der Waals surface area contributed by atoms with Gasteiger partial charge in [-0.25, -0.2) is 9.67 Å². The van der Waals surface area contributed by atoms with Crippen molar-refractivity contribution in [2.24, 2.45) is 0 Å². The molecule has 1 fully saturated rings. The molecule has 0 unspecified atom stereocenters. The first kappa shape index (κ1) is 15.7. The molecule has 1 saturated carbocycles. The number of nitrogens with one attached hydrogen (secondary N) is 1. The van der Waals surface area contributed by atoms with Gasteiger partial charge in [0.15, 0.2) is 5.82 Å². The zero-order chi connectivity index (χ0) is 16.3. The molecule has 0 aromatic carbocycles. The summed E-state index contributed by atoms with van der Waals surface area (Å²) in [7, 11) is 0. The Morgan fingerprint density at radius 2 is 2.13 bits per heavy atom. The highest BCUT2D eigenvalue weighted by atomic mass is 16.3. The van der Waals surface area contributed by atoms with Gasteiger partial charge in [-0.15, -0.1) is 0 Å². The van der Waals surface area contributed by atoms with E-state index in [2.05, 4.69) is 15.4 Å². The molecule has 1 amide bonds. The molecule has 0 aliphatic heterocycles. The summed E-state index contributed by atoms with van der Waals surface area (Å²) in [6.07, 6.45) is 7.93. The maximum Gasteiger partial charge on any atom is 0.254 e. The highest BCUT2D eigenvalue weighted by Gasteiger charge is 2.30. The molecule has 1 aliphatic carbocycles. The summed E-state index contributed by atoms with van der Waals surface area (Å²) < 4.78 is 1.64. The molecule has 3 rings (SSSR count). The molecule has 0 saturated heterocycles. The van der Waals surface area contributed by atoms with Crippen molar-refractivity contribution in [3.8, 4) is 5.82 Å². The Hall–Kier alpha value is -2.21. The molecule has 1 aliphatic rings. The quantitative estimate of drug-likeness (QED) is 0.904. The Balaban J connectivity index is 1.70. The van der Waals surface area contributed by atoms with Gasteiger partial charge in [-0.3, -0.25) is 4.79 Å². The van der Waals surface area contributed by atoms with Crippen LogP contribution in [-0.2, 0) is 0 Å². The zero-order valence-corrected chi connectivity index (χ0v) is 13.3. The van der Waals surface area contributed by atoms with Crippen LogP contribution in [0.25, 0.3) is 5.82 Å². The van der Waals surface area contributed by atoms with E-state index in [1.807, 2.05) is 25.1 Å². The van der Waals surface area contributed by atoms with E-state index < -0.39 is 5.60 Å². The van der Waals surface area contributed by atoms with Crippen molar-refractivity contribution in [3.63, 3.8) is 0 Å². The van der Waals surface area contributed by atoms with Gasteiger partial charge >= 0.3 is 0 Å². The molecular formula is C17H22N4O2. The normalized spacial score (nSPS) is 17.0. The second kappa shape index (κ2) is 6.50. The lowest BCUT2D eigenvalue weighted by Crippen LogP contribution is -2.44. The molecule has 2 aromatic heterocycles. The lowest BCUT2D eigenvalue weighted by Gasteiger charge is -2.32. The van der Waals surface area contributed by atoms with Crippen LogP contribution in [0.4, 0.5) is 0 Å². The molecular weight excluding hydrogens is 292 g/mol. The minimum absolute atomic E-state index is 0.205. The van der Waals surface area contributed by atoms with Crippen molar-refractivity contribution in [2.75, 3.05) is 6.54 Å². The number of aliphatic hydroxyl groups is 1. The van der Waals surface area contributed by atoms with Gasteiger partial charge < -0.3 is 10.4 Å². The van der Waals surface area contributed by atoms with Crippen molar-refractivity contribution < 1.29 is 9.90 Å². The first-order valence-corrected chi connectivity index (χ1v) is 8.06. The SMILES string of the molecule is Cc1c(C(=O)NCC2(O)CCCCC2)cnn1-c1ccccn1. The largest absolute Gasteiger partial charge is 0.388 e. The highest BCUT2D eigenvalue weighted by Crippen LogP contribution is 2.27. The summed E-state index contributed by atoms with van der Waals surface area (Å²) >= 11 is 0. The van der Waals surface area contributed by atoms with Crippen LogP contribution in [0.1, 0.15) is 48.2 Å². The van der Waals surface area contributed by atoms with Crippen LogP contribution < -0.4 is 5.32 Å². The van der Waals surface area contributed by atoms with E-state index in [1.54, 1.807) is 17.1 Å². The second-order valence-corrected chi connectivity index (χ2v) is 6.21. The Labute approximate surface area is 135 Å². The number of amides is 1. The average Bonchev–Trinajstić information content (AvgIpc) is 2.96. The number of aromatic nitrogens is 3. The summed E-state index contributed by atoms with van der Waals surface area (Å²) in [5, 5.41) is 17.6. The highest BCUT2D eigenvalue weighted by molar-refractivity contribution is 5.95. The minimum atomic E-state index is -0.765. The topological polar surface area (TPSA) is 80.0 Å². The molecule has 0 radical (unpaired) electrons. The van der Waals surface area contributed by atoms with Gasteiger partial charge in [-0.05, 0) is 31.9 Å². The van der Waals surface area contributed by atoms with Crippen LogP contribution in [0, 0.1) is 6.92 Å². The van der Waals surface area contributed by atoms with Crippen LogP contribution in [0.5, 0.6) is 0 Å². The minimum Gasteiger partial charge on any atom is -0.388 e. The molecule has 2 N–H and O–H groups in total. The molecule has 6 heteroatoms. The van der Waals surface area contributed by atoms with Crippen LogP contribution in [0.15, 0.2) is 30.6 Å². The lowest BCUT2D eigenvalue weighted by molar-refractivity contribution is 0.00525. The van der Waals surface area contributed by atoms with E-state index in [1.165, 1.54) is 0 Å². The third-order valence-electron chi connectivity index (χ3n) is 4.48. The Kier molecular flexibility index (Phi) is 4.43. The molecule has 0 spiro atoms. The van der Waals surface area contributed by atoms with Gasteiger partial charge in [0.1, 0.15) is 0 Å². The number of nitrogens with zero attached hydrogens (tertiary/aromatic N) is 3. The number of hydrogen-bond acceptors (Lipinski definition) is 4. The Bertz CT molecular complexity index is 675. The predicted molar refractivity (Wildman–Crippen MR) is 86.5 cm³/mol. The van der Waals surface area contributed by atoms with Gasteiger partial charge in [-0.2, -0.15) is 5.10 Å². The standard InChI is InChI=1S/C17H22N4O2/c1-13-14(11-20-21(13)15-7-3-6-10-18-15)16(22)19-12-17(23)8-4-2-5-9-17/h3,6-7,10-11,23H,2,4-5,8-9,12H2,1H3,(H,19,22). The number of carbonyl (C=O) groups is 1. The van der Waals surface area contributed by atoms with E-state index in [4.69, 9.17) is 0 Å². The number of hydrogen-bond donors (Lipinski definition) is 2. The van der Waals surface area contributed by atoms with Crippen LogP contribution >= 0.6 is 0 Å². The van der Waals surface area contributed by atoms with Gasteiger partial charge in [-0.1, -0.05) is 25.3 Å². The average molecular weight is 314 g/mol. The lowest BCUT2D eigenvalue weighted by atomic mass is 9.85. The fourth-order valence-corrected chi connectivity index (χ4v) is 3.07. The van der Waals surface area contributed by atoms with E-state index >= 15 is 0 Å². The fourth-order valence-electron chi connectivity index (χ4n) is 3.07. The van der Waals surface area contributed by atoms with Gasteiger partial charge in [0.2, 0.25) is 0 Å². The smallest absolute Gasteiger partial charge is 0.254 e. The molecule has 23 heavy (non-hydrogen) atoms. The molecule has 2 heterocycles. The fraction of sp³-hybridized carbons (Fsp3) is 0.471. The first-order chi connectivity index (χ1) is 11.1. The van der Waals surface area contributed by atoms with Crippen molar-refractivity contribution in [3.05, 3.63) is 41.9 Å². The summed E-state index contributed by atoms with van der Waals surface area (Å²) in [5.41, 5.74) is 0.477. The van der Waals surface area contributed by atoms with Gasteiger partial charge in [0, 0.05) is 12.7 Å². The van der Waals surface area contributed by atoms with Crippen molar-refractivity contribution >= 4 is 5.91 Å². The van der Waals surface area contributed by atoms with E-state index in [9.17, 15) is 9.90 Å². The van der Waals surface area contributed by atoms with Crippen LogP contribution in [0.2, 0.25) is 0 Å². The van der Waals surface area contributed by atoms with E-state index in [-0.39, 0.29) is 5.91 Å². The van der Waals surface area contributed by atoms with Gasteiger partial charge in [0.25, 0.3) is 5.91 Å².